The Balaban J connectivity index is 1.42. The minimum atomic E-state index is 0.00373. The number of ether oxygens (including phenoxy) is 2. The van der Waals surface area contributed by atoms with Gasteiger partial charge in [-0.1, -0.05) is 18.6 Å². The van der Waals surface area contributed by atoms with Crippen molar-refractivity contribution in [2.24, 2.45) is 23.6 Å². The molecule has 2 bridgehead atoms. The summed E-state index contributed by atoms with van der Waals surface area (Å²) in [6.45, 7) is 0.576. The lowest BCUT2D eigenvalue weighted by molar-refractivity contribution is 0.0511. The Hall–Kier alpha value is -1.26. The van der Waals surface area contributed by atoms with Crippen molar-refractivity contribution in [2.45, 2.75) is 44.2 Å². The molecule has 0 spiro atoms. The zero-order valence-corrected chi connectivity index (χ0v) is 12.3. The number of hydrogen-bond acceptors (Lipinski definition) is 4. The minimum Gasteiger partial charge on any atom is -0.486 e. The number of fused-ring (bicyclic) bond motifs is 3. The van der Waals surface area contributed by atoms with Gasteiger partial charge < -0.3 is 9.47 Å². The van der Waals surface area contributed by atoms with Gasteiger partial charge in [0.05, 0.1) is 6.04 Å². The van der Waals surface area contributed by atoms with Crippen LogP contribution in [0, 0.1) is 17.8 Å². The molecule has 4 rings (SSSR count). The molecular weight excluding hydrogens is 264 g/mol. The smallest absolute Gasteiger partial charge is 0.161 e. The van der Waals surface area contributed by atoms with Crippen LogP contribution < -0.4 is 20.7 Å². The fourth-order valence-electron chi connectivity index (χ4n) is 4.55. The minimum absolute atomic E-state index is 0.00373. The third-order valence-corrected chi connectivity index (χ3v) is 5.63. The van der Waals surface area contributed by atoms with E-state index >= 15 is 0 Å². The van der Waals surface area contributed by atoms with E-state index in [1.54, 1.807) is 0 Å². The Labute approximate surface area is 126 Å². The van der Waals surface area contributed by atoms with E-state index in [1.807, 2.05) is 24.3 Å². The molecule has 1 aliphatic heterocycles. The van der Waals surface area contributed by atoms with E-state index in [1.165, 1.54) is 25.7 Å². The second-order valence-corrected chi connectivity index (χ2v) is 6.86. The molecule has 5 atom stereocenters. The van der Waals surface area contributed by atoms with Gasteiger partial charge in [0.2, 0.25) is 0 Å². The fraction of sp³-hybridized carbons (Fsp3) is 0.647. The van der Waals surface area contributed by atoms with Crippen LogP contribution in [0.25, 0.3) is 0 Å². The molecular formula is C17H24N2O2. The van der Waals surface area contributed by atoms with E-state index in [9.17, 15) is 0 Å². The van der Waals surface area contributed by atoms with Gasteiger partial charge in [0.25, 0.3) is 0 Å². The molecule has 3 N–H and O–H groups in total. The van der Waals surface area contributed by atoms with Gasteiger partial charge in [-0.2, -0.15) is 0 Å². The number of hydrazine groups is 1. The molecule has 4 nitrogen and oxygen atoms in total. The Morgan fingerprint density at radius 2 is 2.05 bits per heavy atom. The van der Waals surface area contributed by atoms with Crippen molar-refractivity contribution in [1.82, 2.24) is 5.43 Å². The quantitative estimate of drug-likeness (QED) is 0.660. The summed E-state index contributed by atoms with van der Waals surface area (Å²) < 4.78 is 11.9. The lowest BCUT2D eigenvalue weighted by Gasteiger charge is -2.34. The lowest BCUT2D eigenvalue weighted by atomic mass is 9.83. The number of para-hydroxylation sites is 2. The zero-order valence-electron chi connectivity index (χ0n) is 12.3. The summed E-state index contributed by atoms with van der Waals surface area (Å²) in [7, 11) is 0. The molecule has 3 aliphatic rings. The number of rotatable bonds is 4. The van der Waals surface area contributed by atoms with Gasteiger partial charge in [0.15, 0.2) is 11.5 Å². The summed E-state index contributed by atoms with van der Waals surface area (Å²) in [5.74, 6) is 10.2. The highest BCUT2D eigenvalue weighted by molar-refractivity contribution is 5.40. The average molecular weight is 288 g/mol. The van der Waals surface area contributed by atoms with E-state index in [0.717, 1.165) is 35.7 Å². The molecule has 0 saturated heterocycles. The van der Waals surface area contributed by atoms with E-state index in [4.69, 9.17) is 15.3 Å². The summed E-state index contributed by atoms with van der Waals surface area (Å²) in [6, 6.07) is 8.03. The Bertz CT molecular complexity index is 507. The van der Waals surface area contributed by atoms with E-state index < -0.39 is 0 Å². The van der Waals surface area contributed by atoms with Crippen LogP contribution in [-0.2, 0) is 0 Å². The number of nitrogens with two attached hydrogens (primary N) is 1. The summed E-state index contributed by atoms with van der Waals surface area (Å²) in [4.78, 5) is 0. The SMILES string of the molecule is NNC(CC1CC2CCC1C2)C1COc2ccccc2O1. The van der Waals surface area contributed by atoms with E-state index in [-0.39, 0.29) is 12.1 Å². The van der Waals surface area contributed by atoms with Gasteiger partial charge in [0.1, 0.15) is 12.7 Å². The van der Waals surface area contributed by atoms with Crippen molar-refractivity contribution >= 4 is 0 Å². The molecule has 2 fully saturated rings. The molecule has 1 aromatic carbocycles. The Morgan fingerprint density at radius 3 is 2.76 bits per heavy atom. The van der Waals surface area contributed by atoms with Gasteiger partial charge in [0, 0.05) is 0 Å². The molecule has 0 aromatic heterocycles. The molecule has 2 saturated carbocycles. The molecule has 1 heterocycles. The van der Waals surface area contributed by atoms with Crippen LogP contribution in [0.15, 0.2) is 24.3 Å². The van der Waals surface area contributed by atoms with Crippen molar-refractivity contribution in [3.8, 4) is 11.5 Å². The second-order valence-electron chi connectivity index (χ2n) is 6.86. The summed E-state index contributed by atoms with van der Waals surface area (Å²) >= 11 is 0. The first-order chi connectivity index (χ1) is 10.3. The van der Waals surface area contributed by atoms with Gasteiger partial charge in [-0.25, -0.2) is 0 Å². The zero-order chi connectivity index (χ0) is 14.2. The molecule has 21 heavy (non-hydrogen) atoms. The molecule has 0 radical (unpaired) electrons. The largest absolute Gasteiger partial charge is 0.486 e. The van der Waals surface area contributed by atoms with Crippen molar-refractivity contribution in [1.29, 1.82) is 0 Å². The number of hydrogen-bond donors (Lipinski definition) is 2. The fourth-order valence-corrected chi connectivity index (χ4v) is 4.55. The van der Waals surface area contributed by atoms with E-state index in [2.05, 4.69) is 5.43 Å². The van der Waals surface area contributed by atoms with Crippen molar-refractivity contribution in [2.75, 3.05) is 6.61 Å². The normalized spacial score (nSPS) is 34.9. The summed E-state index contributed by atoms with van der Waals surface area (Å²) in [6.07, 6.45) is 6.78. The van der Waals surface area contributed by atoms with Crippen LogP contribution in [0.2, 0.25) is 0 Å². The number of nitrogens with one attached hydrogen (secondary N) is 1. The first kappa shape index (κ1) is 13.4. The molecule has 4 heteroatoms. The van der Waals surface area contributed by atoms with E-state index in [0.29, 0.717) is 6.61 Å². The van der Waals surface area contributed by atoms with Crippen LogP contribution in [0.4, 0.5) is 0 Å². The predicted octanol–water partition coefficient (Wildman–Crippen LogP) is 2.48. The first-order valence-electron chi connectivity index (χ1n) is 8.18. The third-order valence-electron chi connectivity index (χ3n) is 5.63. The maximum atomic E-state index is 6.11. The van der Waals surface area contributed by atoms with Crippen LogP contribution in [0.5, 0.6) is 11.5 Å². The van der Waals surface area contributed by atoms with Crippen LogP contribution in [-0.4, -0.2) is 18.8 Å². The van der Waals surface area contributed by atoms with Gasteiger partial charge in [-0.15, -0.1) is 0 Å². The van der Waals surface area contributed by atoms with Crippen molar-refractivity contribution in [3.63, 3.8) is 0 Å². The highest BCUT2D eigenvalue weighted by atomic mass is 16.6. The molecule has 114 valence electrons. The maximum absolute atomic E-state index is 6.11. The summed E-state index contributed by atoms with van der Waals surface area (Å²) in [5.41, 5.74) is 2.98. The van der Waals surface area contributed by atoms with Crippen molar-refractivity contribution in [3.05, 3.63) is 24.3 Å². The standard InChI is InChI=1S/C17H24N2O2/c18-19-14(9-13-8-11-5-6-12(13)7-11)17-10-20-15-3-1-2-4-16(15)21-17/h1-4,11-14,17,19H,5-10,18H2. The summed E-state index contributed by atoms with van der Waals surface area (Å²) in [5, 5.41) is 0. The number of benzene rings is 1. The Morgan fingerprint density at radius 1 is 1.19 bits per heavy atom. The highest BCUT2D eigenvalue weighted by Crippen LogP contribution is 2.50. The monoisotopic (exact) mass is 288 g/mol. The van der Waals surface area contributed by atoms with Gasteiger partial charge in [-0.05, 0) is 55.6 Å². The van der Waals surface area contributed by atoms with Crippen molar-refractivity contribution < 1.29 is 9.47 Å². The second kappa shape index (κ2) is 5.50. The molecule has 2 aliphatic carbocycles. The lowest BCUT2D eigenvalue weighted by Crippen LogP contribution is -2.51. The molecule has 1 aromatic rings. The molecule has 0 amide bonds. The Kier molecular flexibility index (Phi) is 3.51. The maximum Gasteiger partial charge on any atom is 0.161 e. The first-order valence-corrected chi connectivity index (χ1v) is 8.18. The topological polar surface area (TPSA) is 56.5 Å². The van der Waals surface area contributed by atoms with Crippen LogP contribution in [0.1, 0.15) is 32.1 Å². The van der Waals surface area contributed by atoms with Gasteiger partial charge in [-0.3, -0.25) is 11.3 Å². The molecule has 5 unspecified atom stereocenters. The van der Waals surface area contributed by atoms with Crippen LogP contribution >= 0.6 is 0 Å². The van der Waals surface area contributed by atoms with Crippen LogP contribution in [0.3, 0.4) is 0 Å². The highest BCUT2D eigenvalue weighted by Gasteiger charge is 2.41. The average Bonchev–Trinajstić information content (AvgIpc) is 3.15. The third kappa shape index (κ3) is 2.51. The van der Waals surface area contributed by atoms with Gasteiger partial charge >= 0.3 is 0 Å². The predicted molar refractivity (Wildman–Crippen MR) is 81.0 cm³/mol.